The van der Waals surface area contributed by atoms with E-state index >= 15 is 0 Å². The third kappa shape index (κ3) is 4.86. The molecular weight excluding hydrogens is 341 g/mol. The van der Waals surface area contributed by atoms with Crippen LogP contribution in [0.5, 0.6) is 0 Å². The van der Waals surface area contributed by atoms with E-state index in [0.29, 0.717) is 12.1 Å². The van der Waals surface area contributed by atoms with Gasteiger partial charge in [-0.2, -0.15) is 13.2 Å². The molecule has 1 aromatic carbocycles. The molecule has 1 fully saturated rings. The van der Waals surface area contributed by atoms with Crippen molar-refractivity contribution < 1.29 is 18.0 Å². The van der Waals surface area contributed by atoms with Gasteiger partial charge in [0.15, 0.2) is 0 Å². The lowest BCUT2D eigenvalue weighted by Crippen LogP contribution is -2.46. The largest absolute Gasteiger partial charge is 0.416 e. The highest BCUT2D eigenvalue weighted by Gasteiger charge is 2.37. The summed E-state index contributed by atoms with van der Waals surface area (Å²) in [7, 11) is 0. The highest BCUT2D eigenvalue weighted by molar-refractivity contribution is 5.85. The minimum absolute atomic E-state index is 0. The molecule has 24 heavy (non-hydrogen) atoms. The van der Waals surface area contributed by atoms with Crippen molar-refractivity contribution in [2.45, 2.75) is 56.7 Å². The van der Waals surface area contributed by atoms with Gasteiger partial charge in [-0.25, -0.2) is 0 Å². The summed E-state index contributed by atoms with van der Waals surface area (Å²) in [4.78, 5) is 11.8. The van der Waals surface area contributed by atoms with Gasteiger partial charge in [0, 0.05) is 12.0 Å². The number of hydrogen-bond acceptors (Lipinski definition) is 2. The second kappa shape index (κ2) is 8.21. The predicted molar refractivity (Wildman–Crippen MR) is 90.1 cm³/mol. The molecule has 3 N–H and O–H groups in total. The Labute approximate surface area is 146 Å². The number of amides is 1. The minimum Gasteiger partial charge on any atom is -0.354 e. The average molecular weight is 365 g/mol. The Kier molecular flexibility index (Phi) is 7.10. The van der Waals surface area contributed by atoms with Crippen LogP contribution < -0.4 is 11.1 Å². The standard InChI is InChI=1S/C17H23F3N2O.ClH/c1-12(21)15(23)22-11-16(8-3-2-4-9-16)13-6-5-7-14(10-13)17(18,19)20;/h5-7,10,12H,2-4,8-9,11,21H2,1H3,(H,22,23);1H/t12-;/m0./s1. The van der Waals surface area contributed by atoms with Gasteiger partial charge >= 0.3 is 6.18 Å². The van der Waals surface area contributed by atoms with Gasteiger partial charge in [-0.3, -0.25) is 4.79 Å². The monoisotopic (exact) mass is 364 g/mol. The van der Waals surface area contributed by atoms with Crippen LogP contribution in [0.15, 0.2) is 24.3 Å². The lowest BCUT2D eigenvalue weighted by atomic mass is 9.69. The molecule has 1 atom stereocenters. The Hall–Kier alpha value is -1.27. The fourth-order valence-electron chi connectivity index (χ4n) is 3.24. The second-order valence-corrected chi connectivity index (χ2v) is 6.43. The third-order valence-electron chi connectivity index (χ3n) is 4.63. The molecule has 1 saturated carbocycles. The van der Waals surface area contributed by atoms with Crippen molar-refractivity contribution >= 4 is 18.3 Å². The van der Waals surface area contributed by atoms with Gasteiger partial charge < -0.3 is 11.1 Å². The smallest absolute Gasteiger partial charge is 0.354 e. The van der Waals surface area contributed by atoms with Gasteiger partial charge in [0.25, 0.3) is 0 Å². The van der Waals surface area contributed by atoms with E-state index in [1.807, 2.05) is 0 Å². The first-order valence-electron chi connectivity index (χ1n) is 7.96. The van der Waals surface area contributed by atoms with Crippen LogP contribution in [0.1, 0.15) is 50.2 Å². The van der Waals surface area contributed by atoms with Crippen LogP contribution in [0.3, 0.4) is 0 Å². The topological polar surface area (TPSA) is 55.1 Å². The highest BCUT2D eigenvalue weighted by Crippen LogP contribution is 2.41. The predicted octanol–water partition coefficient (Wildman–Crippen LogP) is 3.79. The van der Waals surface area contributed by atoms with E-state index in [0.717, 1.165) is 38.2 Å². The molecule has 0 heterocycles. The first-order chi connectivity index (χ1) is 10.7. The highest BCUT2D eigenvalue weighted by atomic mass is 35.5. The zero-order valence-electron chi connectivity index (χ0n) is 13.7. The Bertz CT molecular complexity index is 555. The average Bonchev–Trinajstić information content (AvgIpc) is 2.52. The molecule has 2 rings (SSSR count). The van der Waals surface area contributed by atoms with E-state index in [2.05, 4.69) is 5.32 Å². The molecule has 1 aromatic rings. The quantitative estimate of drug-likeness (QED) is 0.854. The lowest BCUT2D eigenvalue weighted by Gasteiger charge is -2.38. The molecule has 0 radical (unpaired) electrons. The SMILES string of the molecule is C[C@H](N)C(=O)NCC1(c2cccc(C(F)(F)F)c2)CCCCC1.Cl. The molecule has 1 amide bonds. The van der Waals surface area contributed by atoms with Gasteiger partial charge in [-0.1, -0.05) is 37.5 Å². The van der Waals surface area contributed by atoms with E-state index in [9.17, 15) is 18.0 Å². The molecule has 0 unspecified atom stereocenters. The summed E-state index contributed by atoms with van der Waals surface area (Å²) in [5.41, 5.74) is 5.12. The van der Waals surface area contributed by atoms with Crippen LogP contribution >= 0.6 is 12.4 Å². The van der Waals surface area contributed by atoms with Gasteiger partial charge in [0.1, 0.15) is 0 Å². The van der Waals surface area contributed by atoms with E-state index in [-0.39, 0.29) is 18.3 Å². The van der Waals surface area contributed by atoms with Crippen molar-refractivity contribution in [3.05, 3.63) is 35.4 Å². The lowest BCUT2D eigenvalue weighted by molar-refractivity contribution is -0.137. The number of hydrogen-bond donors (Lipinski definition) is 2. The summed E-state index contributed by atoms with van der Waals surface area (Å²) < 4.78 is 39.0. The minimum atomic E-state index is -4.36. The number of rotatable bonds is 4. The summed E-state index contributed by atoms with van der Waals surface area (Å²) in [6.45, 7) is 1.92. The van der Waals surface area contributed by atoms with Crippen molar-refractivity contribution in [1.82, 2.24) is 5.32 Å². The number of alkyl halides is 3. The van der Waals surface area contributed by atoms with E-state index in [4.69, 9.17) is 5.73 Å². The maximum absolute atomic E-state index is 13.0. The van der Waals surface area contributed by atoms with Gasteiger partial charge in [0.2, 0.25) is 5.91 Å². The second-order valence-electron chi connectivity index (χ2n) is 6.43. The van der Waals surface area contributed by atoms with Crippen LogP contribution in [0, 0.1) is 0 Å². The fraction of sp³-hybridized carbons (Fsp3) is 0.588. The fourth-order valence-corrected chi connectivity index (χ4v) is 3.24. The first kappa shape index (κ1) is 20.8. The number of carbonyl (C=O) groups excluding carboxylic acids is 1. The van der Waals surface area contributed by atoms with E-state index < -0.39 is 23.2 Å². The first-order valence-corrected chi connectivity index (χ1v) is 7.96. The van der Waals surface area contributed by atoms with Crippen LogP contribution in [-0.2, 0) is 16.4 Å². The molecule has 136 valence electrons. The summed E-state index contributed by atoms with van der Waals surface area (Å²) in [5, 5.41) is 2.80. The Morgan fingerprint density at radius 3 is 2.46 bits per heavy atom. The molecule has 7 heteroatoms. The zero-order valence-corrected chi connectivity index (χ0v) is 14.5. The molecule has 0 spiro atoms. The van der Waals surface area contributed by atoms with Crippen LogP contribution in [0.25, 0.3) is 0 Å². The zero-order chi connectivity index (χ0) is 17.1. The maximum atomic E-state index is 13.0. The number of nitrogens with two attached hydrogens (primary N) is 1. The molecule has 0 aliphatic heterocycles. The summed E-state index contributed by atoms with van der Waals surface area (Å²) in [6, 6.07) is 4.86. The molecule has 0 saturated heterocycles. The summed E-state index contributed by atoms with van der Waals surface area (Å²) >= 11 is 0. The van der Waals surface area contributed by atoms with Crippen LogP contribution in [0.4, 0.5) is 13.2 Å². The van der Waals surface area contributed by atoms with Crippen molar-refractivity contribution in [2.75, 3.05) is 6.54 Å². The van der Waals surface area contributed by atoms with Crippen molar-refractivity contribution in [2.24, 2.45) is 5.73 Å². The number of benzene rings is 1. The molecule has 1 aliphatic carbocycles. The van der Waals surface area contributed by atoms with Gasteiger partial charge in [-0.15, -0.1) is 12.4 Å². The third-order valence-corrected chi connectivity index (χ3v) is 4.63. The normalized spacial score (nSPS) is 18.4. The molecule has 3 nitrogen and oxygen atoms in total. The number of halogens is 4. The number of carbonyl (C=O) groups is 1. The Morgan fingerprint density at radius 2 is 1.92 bits per heavy atom. The van der Waals surface area contributed by atoms with Crippen molar-refractivity contribution in [1.29, 1.82) is 0 Å². The molecule has 0 aromatic heterocycles. The Balaban J connectivity index is 0.00000288. The van der Waals surface area contributed by atoms with Crippen LogP contribution in [0.2, 0.25) is 0 Å². The summed E-state index contributed by atoms with van der Waals surface area (Å²) in [6.07, 6.45) is 0.151. The molecule has 1 aliphatic rings. The summed E-state index contributed by atoms with van der Waals surface area (Å²) in [5.74, 6) is -0.276. The molecule has 0 bridgehead atoms. The van der Waals surface area contributed by atoms with E-state index in [1.165, 1.54) is 12.1 Å². The van der Waals surface area contributed by atoms with Gasteiger partial charge in [0.05, 0.1) is 11.6 Å². The maximum Gasteiger partial charge on any atom is 0.416 e. The number of nitrogens with one attached hydrogen (secondary N) is 1. The molecular formula is C17H24ClF3N2O. The van der Waals surface area contributed by atoms with Crippen molar-refractivity contribution in [3.63, 3.8) is 0 Å². The van der Waals surface area contributed by atoms with E-state index in [1.54, 1.807) is 13.0 Å². The Morgan fingerprint density at radius 1 is 1.29 bits per heavy atom. The van der Waals surface area contributed by atoms with Crippen molar-refractivity contribution in [3.8, 4) is 0 Å². The van der Waals surface area contributed by atoms with Crippen LogP contribution in [-0.4, -0.2) is 18.5 Å². The van der Waals surface area contributed by atoms with Gasteiger partial charge in [-0.05, 0) is 31.4 Å².